The van der Waals surface area contributed by atoms with Crippen LogP contribution in [0.3, 0.4) is 0 Å². The lowest BCUT2D eigenvalue weighted by Gasteiger charge is -2.29. The number of aliphatic hydroxyl groups excluding tert-OH is 1. The van der Waals surface area contributed by atoms with Gasteiger partial charge in [0.05, 0.1) is 0 Å². The van der Waals surface area contributed by atoms with Crippen molar-refractivity contribution in [3.63, 3.8) is 0 Å². The molecule has 2 N–H and O–H groups in total. The van der Waals surface area contributed by atoms with Crippen LogP contribution in [0.2, 0.25) is 0 Å². The molecule has 2 rings (SSSR count). The molecule has 0 spiro atoms. The van der Waals surface area contributed by atoms with Crippen molar-refractivity contribution in [2.24, 2.45) is 0 Å². The summed E-state index contributed by atoms with van der Waals surface area (Å²) in [6.07, 6.45) is 5.62. The maximum Gasteiger partial charge on any atom is 0.268 e. The third kappa shape index (κ3) is 3.39. The Balaban J connectivity index is 2.15. The minimum absolute atomic E-state index is 0.0598. The van der Waals surface area contributed by atoms with Crippen molar-refractivity contribution in [2.75, 3.05) is 6.61 Å². The molecule has 1 aromatic rings. The first-order chi connectivity index (χ1) is 8.99. The van der Waals surface area contributed by atoms with E-state index in [0.717, 1.165) is 23.7 Å². The fourth-order valence-corrected chi connectivity index (χ4v) is 2.63. The lowest BCUT2D eigenvalue weighted by Crippen LogP contribution is -2.46. The Labute approximate surface area is 122 Å². The monoisotopic (exact) mass is 328 g/mol. The first-order valence-electron chi connectivity index (χ1n) is 6.80. The molecule has 0 saturated heterocycles. The van der Waals surface area contributed by atoms with Crippen LogP contribution in [0.4, 0.5) is 0 Å². The van der Waals surface area contributed by atoms with Crippen LogP contribution < -0.4 is 5.32 Å². The predicted octanol–water partition coefficient (Wildman–Crippen LogP) is 2.87. The number of hydrogen-bond donors (Lipinski definition) is 2. The van der Waals surface area contributed by atoms with Gasteiger partial charge >= 0.3 is 0 Å². The fourth-order valence-electron chi connectivity index (χ4n) is 2.19. The van der Waals surface area contributed by atoms with E-state index in [1.54, 1.807) is 0 Å². The Hall–Kier alpha value is -0.810. The molecule has 1 aliphatic carbocycles. The summed E-state index contributed by atoms with van der Waals surface area (Å²) in [7, 11) is 0. The second-order valence-corrected chi connectivity index (χ2v) is 6.44. The van der Waals surface area contributed by atoms with Gasteiger partial charge in [0.1, 0.15) is 5.69 Å². The van der Waals surface area contributed by atoms with Crippen molar-refractivity contribution >= 4 is 21.8 Å². The molecular formula is C14H21BrN2O2. The summed E-state index contributed by atoms with van der Waals surface area (Å²) in [4.78, 5) is 12.4. The van der Waals surface area contributed by atoms with Gasteiger partial charge in [0.2, 0.25) is 0 Å². The van der Waals surface area contributed by atoms with Gasteiger partial charge in [0.15, 0.2) is 0 Å². The molecule has 1 unspecified atom stereocenters. The average molecular weight is 329 g/mol. The van der Waals surface area contributed by atoms with Gasteiger partial charge in [-0.15, -0.1) is 0 Å². The number of hydrogen-bond acceptors (Lipinski definition) is 2. The van der Waals surface area contributed by atoms with Crippen molar-refractivity contribution in [3.05, 3.63) is 22.4 Å². The van der Waals surface area contributed by atoms with Crippen molar-refractivity contribution in [1.29, 1.82) is 0 Å². The molecule has 5 heteroatoms. The highest BCUT2D eigenvalue weighted by molar-refractivity contribution is 9.10. The molecule has 1 saturated carbocycles. The quantitative estimate of drug-likeness (QED) is 0.843. The molecule has 1 aliphatic rings. The Kier molecular flexibility index (Phi) is 4.36. The first kappa shape index (κ1) is 14.6. The number of carbonyl (C=O) groups is 1. The van der Waals surface area contributed by atoms with Crippen LogP contribution >= 0.6 is 15.9 Å². The molecule has 1 aromatic heterocycles. The number of aliphatic hydroxyl groups is 1. The standard InChI is InChI=1S/C14H21BrN2O2/c1-3-14(2,6-7-18)16-13(19)12-8-10(15)9-17(12)11-4-5-11/h8-9,11,18H,3-7H2,1-2H3,(H,16,19). The Morgan fingerprint density at radius 2 is 2.32 bits per heavy atom. The molecular weight excluding hydrogens is 308 g/mol. The van der Waals surface area contributed by atoms with Crippen LogP contribution in [0, 0.1) is 0 Å². The number of nitrogens with one attached hydrogen (secondary N) is 1. The topological polar surface area (TPSA) is 54.3 Å². The normalized spacial score (nSPS) is 18.1. The molecule has 0 aliphatic heterocycles. The fraction of sp³-hybridized carbons (Fsp3) is 0.643. The van der Waals surface area contributed by atoms with Gasteiger partial charge in [-0.05, 0) is 54.6 Å². The lowest BCUT2D eigenvalue weighted by atomic mass is 9.95. The van der Waals surface area contributed by atoms with E-state index in [2.05, 4.69) is 25.8 Å². The minimum Gasteiger partial charge on any atom is -0.396 e. The summed E-state index contributed by atoms with van der Waals surface area (Å²) in [5.74, 6) is -0.0598. The molecule has 1 heterocycles. The van der Waals surface area contributed by atoms with E-state index in [0.29, 0.717) is 18.2 Å². The zero-order valence-corrected chi connectivity index (χ0v) is 13.0. The zero-order valence-electron chi connectivity index (χ0n) is 11.4. The van der Waals surface area contributed by atoms with Crippen molar-refractivity contribution < 1.29 is 9.90 Å². The van der Waals surface area contributed by atoms with Crippen LogP contribution in [0.15, 0.2) is 16.7 Å². The Morgan fingerprint density at radius 3 is 2.84 bits per heavy atom. The predicted molar refractivity (Wildman–Crippen MR) is 78.3 cm³/mol. The van der Waals surface area contributed by atoms with Crippen molar-refractivity contribution in [3.8, 4) is 0 Å². The van der Waals surface area contributed by atoms with E-state index in [1.165, 1.54) is 0 Å². The SMILES string of the molecule is CCC(C)(CCO)NC(=O)c1cc(Br)cn1C1CC1. The van der Waals surface area contributed by atoms with Gasteiger partial charge in [0.25, 0.3) is 5.91 Å². The van der Waals surface area contributed by atoms with E-state index >= 15 is 0 Å². The van der Waals surface area contributed by atoms with Crippen LogP contribution in [-0.4, -0.2) is 27.7 Å². The van der Waals surface area contributed by atoms with E-state index < -0.39 is 0 Å². The molecule has 1 amide bonds. The Bertz CT molecular complexity index is 468. The van der Waals surface area contributed by atoms with Crippen LogP contribution in [-0.2, 0) is 0 Å². The number of aromatic nitrogens is 1. The Morgan fingerprint density at radius 1 is 1.63 bits per heavy atom. The third-order valence-electron chi connectivity index (χ3n) is 3.85. The first-order valence-corrected chi connectivity index (χ1v) is 7.59. The van der Waals surface area contributed by atoms with Gasteiger partial charge in [-0.1, -0.05) is 6.92 Å². The van der Waals surface area contributed by atoms with Gasteiger partial charge in [-0.2, -0.15) is 0 Å². The summed E-state index contributed by atoms with van der Waals surface area (Å²) in [6, 6.07) is 2.33. The summed E-state index contributed by atoms with van der Waals surface area (Å²) in [6.45, 7) is 4.07. The number of carbonyl (C=O) groups excluding carboxylic acids is 1. The van der Waals surface area contributed by atoms with E-state index in [1.807, 2.05) is 26.1 Å². The van der Waals surface area contributed by atoms with Crippen molar-refractivity contribution in [1.82, 2.24) is 9.88 Å². The third-order valence-corrected chi connectivity index (χ3v) is 4.28. The van der Waals surface area contributed by atoms with Gasteiger partial charge < -0.3 is 15.0 Å². The molecule has 1 atom stereocenters. The van der Waals surface area contributed by atoms with E-state index in [-0.39, 0.29) is 18.1 Å². The highest BCUT2D eigenvalue weighted by Gasteiger charge is 2.30. The minimum atomic E-state index is -0.350. The molecule has 0 bridgehead atoms. The smallest absolute Gasteiger partial charge is 0.268 e. The molecule has 0 aromatic carbocycles. The van der Waals surface area contributed by atoms with Crippen LogP contribution in [0.5, 0.6) is 0 Å². The average Bonchev–Trinajstić information content (AvgIpc) is 3.12. The highest BCUT2D eigenvalue weighted by atomic mass is 79.9. The van der Waals surface area contributed by atoms with Gasteiger partial charge in [0, 0.05) is 28.9 Å². The second-order valence-electron chi connectivity index (χ2n) is 5.52. The largest absolute Gasteiger partial charge is 0.396 e. The second kappa shape index (κ2) is 5.67. The molecule has 4 nitrogen and oxygen atoms in total. The zero-order chi connectivity index (χ0) is 14.0. The maximum absolute atomic E-state index is 12.4. The van der Waals surface area contributed by atoms with Crippen LogP contribution in [0.25, 0.3) is 0 Å². The summed E-state index contributed by atoms with van der Waals surface area (Å²) in [5, 5.41) is 12.2. The lowest BCUT2D eigenvalue weighted by molar-refractivity contribution is 0.0876. The summed E-state index contributed by atoms with van der Waals surface area (Å²) in [5.41, 5.74) is 0.351. The van der Waals surface area contributed by atoms with Gasteiger partial charge in [-0.25, -0.2) is 0 Å². The summed E-state index contributed by atoms with van der Waals surface area (Å²) < 4.78 is 2.99. The molecule has 19 heavy (non-hydrogen) atoms. The highest BCUT2D eigenvalue weighted by Crippen LogP contribution is 2.37. The van der Waals surface area contributed by atoms with E-state index in [4.69, 9.17) is 5.11 Å². The molecule has 106 valence electrons. The number of amides is 1. The van der Waals surface area contributed by atoms with Crippen molar-refractivity contribution in [2.45, 2.75) is 51.1 Å². The van der Waals surface area contributed by atoms with Crippen LogP contribution in [0.1, 0.15) is 56.1 Å². The number of nitrogens with zero attached hydrogens (tertiary/aromatic N) is 1. The van der Waals surface area contributed by atoms with E-state index in [9.17, 15) is 4.79 Å². The summed E-state index contributed by atoms with van der Waals surface area (Å²) >= 11 is 3.43. The number of halogens is 1. The maximum atomic E-state index is 12.4. The van der Waals surface area contributed by atoms with Gasteiger partial charge in [-0.3, -0.25) is 4.79 Å². The number of rotatable bonds is 6. The molecule has 0 radical (unpaired) electrons. The molecule has 1 fully saturated rings.